The fourth-order valence-electron chi connectivity index (χ4n) is 2.85. The second kappa shape index (κ2) is 9.11. The number of aryl methyl sites for hydroxylation is 2. The number of unbranched alkanes of at least 4 members (excludes halogenated alkanes) is 1. The van der Waals surface area contributed by atoms with Gasteiger partial charge in [-0.2, -0.15) is 10.4 Å². The highest BCUT2D eigenvalue weighted by Gasteiger charge is 2.14. The maximum absolute atomic E-state index is 9.27. The topological polar surface area (TPSA) is 103 Å². The van der Waals surface area contributed by atoms with E-state index in [1.165, 1.54) is 0 Å². The highest BCUT2D eigenvalue weighted by Crippen LogP contribution is 2.32. The molecule has 0 saturated carbocycles. The molecule has 0 unspecified atom stereocenters. The van der Waals surface area contributed by atoms with E-state index in [9.17, 15) is 5.26 Å². The second-order valence-corrected chi connectivity index (χ2v) is 6.58. The van der Waals surface area contributed by atoms with Gasteiger partial charge in [0.25, 0.3) is 0 Å². The number of ether oxygens (including phenoxy) is 1. The fraction of sp³-hybridized carbons (Fsp3) is 0.333. The molecule has 0 bridgehead atoms. The van der Waals surface area contributed by atoms with Crippen molar-refractivity contribution in [1.29, 1.82) is 5.26 Å². The van der Waals surface area contributed by atoms with Crippen LogP contribution in [0.15, 0.2) is 36.7 Å². The van der Waals surface area contributed by atoms with Gasteiger partial charge < -0.3 is 10.5 Å². The quantitative estimate of drug-likeness (QED) is 0.646. The van der Waals surface area contributed by atoms with E-state index in [-0.39, 0.29) is 0 Å². The molecule has 0 atom stereocenters. The van der Waals surface area contributed by atoms with E-state index >= 15 is 0 Å². The van der Waals surface area contributed by atoms with Gasteiger partial charge in [0.15, 0.2) is 5.82 Å². The van der Waals surface area contributed by atoms with Crippen LogP contribution in [-0.2, 0) is 19.9 Å². The zero-order valence-corrected chi connectivity index (χ0v) is 16.2. The first-order valence-corrected chi connectivity index (χ1v) is 9.41. The van der Waals surface area contributed by atoms with Crippen LogP contribution in [0.25, 0.3) is 11.4 Å². The molecule has 28 heavy (non-hydrogen) atoms. The van der Waals surface area contributed by atoms with Crippen molar-refractivity contribution in [3.63, 3.8) is 0 Å². The molecule has 1 aromatic carbocycles. The van der Waals surface area contributed by atoms with Crippen LogP contribution >= 0.6 is 0 Å². The highest BCUT2D eigenvalue weighted by atomic mass is 16.5. The first kappa shape index (κ1) is 19.5. The lowest BCUT2D eigenvalue weighted by Crippen LogP contribution is -2.04. The Hall–Kier alpha value is -3.24. The maximum atomic E-state index is 9.27. The summed E-state index contributed by atoms with van der Waals surface area (Å²) in [5, 5.41) is 13.8. The third-order valence-corrected chi connectivity index (χ3v) is 4.38. The van der Waals surface area contributed by atoms with E-state index in [0.29, 0.717) is 29.6 Å². The molecule has 7 nitrogen and oxygen atoms in total. The molecule has 0 fully saturated rings. The molecule has 2 aromatic heterocycles. The molecule has 2 N–H and O–H groups in total. The van der Waals surface area contributed by atoms with Crippen molar-refractivity contribution in [1.82, 2.24) is 19.7 Å². The zero-order valence-electron chi connectivity index (χ0n) is 16.2. The van der Waals surface area contributed by atoms with Gasteiger partial charge in [0.05, 0.1) is 22.9 Å². The van der Waals surface area contributed by atoms with Gasteiger partial charge >= 0.3 is 0 Å². The number of nitrogens with zero attached hydrogens (tertiary/aromatic N) is 5. The van der Waals surface area contributed by atoms with Crippen LogP contribution in [0, 0.1) is 11.3 Å². The van der Waals surface area contributed by atoms with Crippen molar-refractivity contribution in [3.8, 4) is 29.1 Å². The third kappa shape index (κ3) is 4.53. The molecule has 144 valence electrons. The van der Waals surface area contributed by atoms with E-state index in [1.807, 2.05) is 13.1 Å². The van der Waals surface area contributed by atoms with Gasteiger partial charge in [-0.3, -0.25) is 0 Å². The second-order valence-electron chi connectivity index (χ2n) is 6.58. The number of hydrogen-bond acceptors (Lipinski definition) is 6. The highest BCUT2D eigenvalue weighted by molar-refractivity contribution is 5.66. The normalized spacial score (nSPS) is 10.6. The van der Waals surface area contributed by atoms with Crippen LogP contribution in [0.3, 0.4) is 0 Å². The Kier molecular flexibility index (Phi) is 6.35. The Labute approximate surface area is 164 Å². The Morgan fingerprint density at radius 1 is 1.18 bits per heavy atom. The molecular formula is C21H24N6O. The minimum absolute atomic E-state index is 0.506. The van der Waals surface area contributed by atoms with Crippen molar-refractivity contribution in [3.05, 3.63) is 53.5 Å². The molecule has 3 rings (SSSR count). The molecule has 0 radical (unpaired) electrons. The van der Waals surface area contributed by atoms with Crippen LogP contribution < -0.4 is 10.5 Å². The van der Waals surface area contributed by atoms with Gasteiger partial charge in [-0.25, -0.2) is 14.6 Å². The summed E-state index contributed by atoms with van der Waals surface area (Å²) in [6, 6.07) is 9.32. The minimum Gasteiger partial charge on any atom is -0.438 e. The molecule has 7 heteroatoms. The SMILES string of the molecule is CCCCc1cc(Oc2cc(C#N)ccc2-c2ncc(CCN)cn2)n(C)n1. The Bertz CT molecular complexity index is 972. The number of hydrogen-bond donors (Lipinski definition) is 1. The average molecular weight is 376 g/mol. The average Bonchev–Trinajstić information content (AvgIpc) is 3.06. The predicted octanol–water partition coefficient (Wildman–Crippen LogP) is 3.38. The number of nitrogens with two attached hydrogens (primary N) is 1. The summed E-state index contributed by atoms with van der Waals surface area (Å²) in [7, 11) is 1.84. The molecular weight excluding hydrogens is 352 g/mol. The van der Waals surface area contributed by atoms with E-state index < -0.39 is 0 Å². The van der Waals surface area contributed by atoms with Crippen molar-refractivity contribution in [2.45, 2.75) is 32.6 Å². The molecule has 2 heterocycles. The van der Waals surface area contributed by atoms with Gasteiger partial charge in [0.1, 0.15) is 5.75 Å². The number of rotatable bonds is 8. The van der Waals surface area contributed by atoms with E-state index in [2.05, 4.69) is 28.1 Å². The lowest BCUT2D eigenvalue weighted by Gasteiger charge is -2.11. The molecule has 0 aliphatic carbocycles. The van der Waals surface area contributed by atoms with Gasteiger partial charge in [-0.15, -0.1) is 0 Å². The molecule has 0 aliphatic rings. The monoisotopic (exact) mass is 376 g/mol. The summed E-state index contributed by atoms with van der Waals surface area (Å²) in [6.45, 7) is 2.70. The van der Waals surface area contributed by atoms with Crippen LogP contribution in [0.2, 0.25) is 0 Å². The van der Waals surface area contributed by atoms with E-state index in [0.717, 1.165) is 42.5 Å². The van der Waals surface area contributed by atoms with Gasteiger partial charge in [-0.1, -0.05) is 13.3 Å². The standard InChI is InChI=1S/C21H24N6O/c1-3-4-5-17-11-20(27(2)26-17)28-19-10-15(12-23)6-7-18(19)21-24-13-16(8-9-22)14-25-21/h6-7,10-11,13-14H,3-5,8-9,22H2,1-2H3. The Balaban J connectivity index is 1.93. The van der Waals surface area contributed by atoms with Gasteiger partial charge in [0, 0.05) is 25.5 Å². The predicted molar refractivity (Wildman–Crippen MR) is 107 cm³/mol. The first-order valence-electron chi connectivity index (χ1n) is 9.41. The van der Waals surface area contributed by atoms with Crippen molar-refractivity contribution < 1.29 is 4.74 Å². The summed E-state index contributed by atoms with van der Waals surface area (Å²) in [5.41, 5.74) is 8.77. The Morgan fingerprint density at radius 2 is 1.96 bits per heavy atom. The van der Waals surface area contributed by atoms with Crippen molar-refractivity contribution in [2.75, 3.05) is 6.54 Å². The number of nitriles is 1. The lowest BCUT2D eigenvalue weighted by molar-refractivity contribution is 0.431. The summed E-state index contributed by atoms with van der Waals surface area (Å²) < 4.78 is 7.83. The fourth-order valence-corrected chi connectivity index (χ4v) is 2.85. The van der Waals surface area contributed by atoms with Gasteiger partial charge in [-0.05, 0) is 49.6 Å². The van der Waals surface area contributed by atoms with Crippen molar-refractivity contribution in [2.24, 2.45) is 12.8 Å². The molecule has 0 saturated heterocycles. The first-order chi connectivity index (χ1) is 13.6. The summed E-state index contributed by atoms with van der Waals surface area (Å²) >= 11 is 0. The van der Waals surface area contributed by atoms with Crippen LogP contribution in [0.4, 0.5) is 0 Å². The third-order valence-electron chi connectivity index (χ3n) is 4.38. The minimum atomic E-state index is 0.506. The van der Waals surface area contributed by atoms with Crippen LogP contribution in [0.1, 0.15) is 36.6 Å². The van der Waals surface area contributed by atoms with Crippen LogP contribution in [0.5, 0.6) is 11.6 Å². The van der Waals surface area contributed by atoms with Gasteiger partial charge in [0.2, 0.25) is 5.88 Å². The van der Waals surface area contributed by atoms with Crippen molar-refractivity contribution >= 4 is 0 Å². The number of benzene rings is 1. The lowest BCUT2D eigenvalue weighted by atomic mass is 10.1. The Morgan fingerprint density at radius 3 is 2.64 bits per heavy atom. The van der Waals surface area contributed by atoms with E-state index in [4.69, 9.17) is 10.5 Å². The molecule has 0 amide bonds. The summed E-state index contributed by atoms with van der Waals surface area (Å²) in [6.07, 6.45) is 7.36. The summed E-state index contributed by atoms with van der Waals surface area (Å²) in [5.74, 6) is 1.67. The number of aromatic nitrogens is 4. The smallest absolute Gasteiger partial charge is 0.217 e. The summed E-state index contributed by atoms with van der Waals surface area (Å²) in [4.78, 5) is 8.88. The zero-order chi connectivity index (χ0) is 19.9. The molecule has 0 spiro atoms. The largest absolute Gasteiger partial charge is 0.438 e. The van der Waals surface area contributed by atoms with E-state index in [1.54, 1.807) is 35.3 Å². The van der Waals surface area contributed by atoms with Crippen LogP contribution in [-0.4, -0.2) is 26.3 Å². The maximum Gasteiger partial charge on any atom is 0.217 e. The molecule has 0 aliphatic heterocycles. The molecule has 3 aromatic rings.